The molecule has 3 N–H and O–H groups in total. The summed E-state index contributed by atoms with van der Waals surface area (Å²) in [6, 6.07) is -0.348. The van der Waals surface area contributed by atoms with Gasteiger partial charge in [0.1, 0.15) is 5.82 Å². The highest BCUT2D eigenvalue weighted by molar-refractivity contribution is 5.77. The minimum atomic E-state index is -0.913. The van der Waals surface area contributed by atoms with Crippen LogP contribution in [0.5, 0.6) is 0 Å². The summed E-state index contributed by atoms with van der Waals surface area (Å²) in [5.41, 5.74) is 0. The summed E-state index contributed by atoms with van der Waals surface area (Å²) in [4.78, 5) is 26.6. The topological polar surface area (TPSA) is 108 Å². The van der Waals surface area contributed by atoms with Crippen LogP contribution in [0.2, 0.25) is 0 Å². The Labute approximate surface area is 111 Å². The van der Waals surface area contributed by atoms with Gasteiger partial charge in [0.25, 0.3) is 0 Å². The summed E-state index contributed by atoms with van der Waals surface area (Å²) in [5.74, 6) is 0.283. The summed E-state index contributed by atoms with van der Waals surface area (Å²) in [7, 11) is 0. The molecular formula is C12H20N4O3. The number of carbonyl (C=O) groups excluding carboxylic acids is 1. The third-order valence-corrected chi connectivity index (χ3v) is 2.76. The first kappa shape index (κ1) is 15.1. The number of aryl methyl sites for hydroxylation is 2. The molecular weight excluding hydrogens is 248 g/mol. The molecule has 1 aromatic heterocycles. The summed E-state index contributed by atoms with van der Waals surface area (Å²) >= 11 is 0. The number of carboxylic acids is 1. The second kappa shape index (κ2) is 6.86. The largest absolute Gasteiger partial charge is 0.481 e. The maximum Gasteiger partial charge on any atom is 0.305 e. The number of aromatic amines is 1. The lowest BCUT2D eigenvalue weighted by Crippen LogP contribution is -2.40. The molecule has 0 fully saturated rings. The van der Waals surface area contributed by atoms with Crippen molar-refractivity contribution in [3.05, 3.63) is 11.6 Å². The van der Waals surface area contributed by atoms with Crippen molar-refractivity contribution in [2.24, 2.45) is 5.92 Å². The maximum absolute atomic E-state index is 11.7. The molecule has 1 heterocycles. The summed E-state index contributed by atoms with van der Waals surface area (Å²) in [5, 5.41) is 18.2. The third-order valence-electron chi connectivity index (χ3n) is 2.76. The van der Waals surface area contributed by atoms with Gasteiger partial charge in [-0.25, -0.2) is 4.98 Å². The van der Waals surface area contributed by atoms with Crippen molar-refractivity contribution in [2.45, 2.75) is 46.1 Å². The van der Waals surface area contributed by atoms with E-state index in [1.165, 1.54) is 0 Å². The predicted molar refractivity (Wildman–Crippen MR) is 68.5 cm³/mol. The lowest BCUT2D eigenvalue weighted by molar-refractivity contribution is -0.138. The number of amides is 1. The van der Waals surface area contributed by atoms with Crippen molar-refractivity contribution < 1.29 is 14.7 Å². The number of carboxylic acid groups (broad SMARTS) is 1. The second-order valence-corrected chi connectivity index (χ2v) is 4.85. The molecule has 0 saturated heterocycles. The summed E-state index contributed by atoms with van der Waals surface area (Å²) < 4.78 is 0. The van der Waals surface area contributed by atoms with Gasteiger partial charge >= 0.3 is 5.97 Å². The fraction of sp³-hybridized carbons (Fsp3) is 0.667. The molecule has 0 radical (unpaired) electrons. The Hall–Kier alpha value is -1.92. The lowest BCUT2D eigenvalue weighted by atomic mass is 10.0. The number of H-pyrrole nitrogens is 1. The Kier molecular flexibility index (Phi) is 5.47. The quantitative estimate of drug-likeness (QED) is 0.673. The molecule has 7 nitrogen and oxygen atoms in total. The van der Waals surface area contributed by atoms with Gasteiger partial charge in [-0.1, -0.05) is 13.8 Å². The fourth-order valence-corrected chi connectivity index (χ4v) is 1.65. The van der Waals surface area contributed by atoms with Gasteiger partial charge in [0, 0.05) is 18.9 Å². The van der Waals surface area contributed by atoms with Crippen LogP contribution in [0.3, 0.4) is 0 Å². The van der Waals surface area contributed by atoms with Crippen molar-refractivity contribution in [1.82, 2.24) is 20.5 Å². The predicted octanol–water partition coefficient (Wildman–Crippen LogP) is 0.661. The van der Waals surface area contributed by atoms with Gasteiger partial charge in [0.2, 0.25) is 5.91 Å². The number of aromatic nitrogens is 3. The number of nitrogens with one attached hydrogen (secondary N) is 2. The van der Waals surface area contributed by atoms with E-state index in [1.807, 2.05) is 13.8 Å². The molecule has 0 aromatic carbocycles. The number of rotatable bonds is 7. The highest BCUT2D eigenvalue weighted by Gasteiger charge is 2.19. The van der Waals surface area contributed by atoms with Gasteiger partial charge in [-0.05, 0) is 12.8 Å². The van der Waals surface area contributed by atoms with E-state index in [-0.39, 0.29) is 30.7 Å². The van der Waals surface area contributed by atoms with E-state index in [2.05, 4.69) is 20.5 Å². The molecule has 0 aliphatic carbocycles. The number of hydrogen-bond donors (Lipinski definition) is 3. The van der Waals surface area contributed by atoms with Crippen LogP contribution in [0.4, 0.5) is 0 Å². The highest BCUT2D eigenvalue weighted by atomic mass is 16.4. The zero-order valence-corrected chi connectivity index (χ0v) is 11.4. The summed E-state index contributed by atoms with van der Waals surface area (Å²) in [6.07, 6.45) is 0.622. The molecule has 1 amide bonds. The molecule has 1 rings (SSSR count). The van der Waals surface area contributed by atoms with E-state index in [0.29, 0.717) is 18.1 Å². The Balaban J connectivity index is 2.42. The molecule has 0 aliphatic heterocycles. The first-order valence-corrected chi connectivity index (χ1v) is 6.27. The highest BCUT2D eigenvalue weighted by Crippen LogP contribution is 2.07. The second-order valence-electron chi connectivity index (χ2n) is 4.85. The number of hydrogen-bond acceptors (Lipinski definition) is 4. The Morgan fingerprint density at radius 2 is 2.11 bits per heavy atom. The standard InChI is InChI=1S/C12H20N4O3/c1-7(2)9(6-12(18)19)14-11(17)5-4-10-13-8(3)15-16-10/h7,9H,4-6H2,1-3H3,(H,14,17)(H,18,19)(H,13,15,16)/t9-/m0/s1. The van der Waals surface area contributed by atoms with Gasteiger partial charge in [-0.15, -0.1) is 0 Å². The third kappa shape index (κ3) is 5.50. The molecule has 0 saturated carbocycles. The van der Waals surface area contributed by atoms with Crippen molar-refractivity contribution in [3.63, 3.8) is 0 Å². The van der Waals surface area contributed by atoms with Crippen LogP contribution in [0, 0.1) is 12.8 Å². The molecule has 1 atom stereocenters. The van der Waals surface area contributed by atoms with Crippen molar-refractivity contribution in [2.75, 3.05) is 0 Å². The molecule has 0 bridgehead atoms. The average molecular weight is 268 g/mol. The SMILES string of the molecule is Cc1nc(CCC(=O)N[C@@H](CC(=O)O)C(C)C)n[nH]1. The molecule has 19 heavy (non-hydrogen) atoms. The minimum Gasteiger partial charge on any atom is -0.481 e. The maximum atomic E-state index is 11.7. The van der Waals surface area contributed by atoms with Gasteiger partial charge in [-0.3, -0.25) is 14.7 Å². The molecule has 1 aromatic rings. The number of carbonyl (C=O) groups is 2. The van der Waals surface area contributed by atoms with Gasteiger partial charge in [0.05, 0.1) is 6.42 Å². The van der Waals surface area contributed by atoms with Gasteiger partial charge in [-0.2, -0.15) is 5.10 Å². The Morgan fingerprint density at radius 3 is 2.58 bits per heavy atom. The smallest absolute Gasteiger partial charge is 0.305 e. The van der Waals surface area contributed by atoms with Gasteiger partial charge in [0.15, 0.2) is 5.82 Å². The Bertz CT molecular complexity index is 442. The van der Waals surface area contributed by atoms with E-state index in [1.54, 1.807) is 6.92 Å². The normalized spacial score (nSPS) is 12.4. The Morgan fingerprint density at radius 1 is 1.42 bits per heavy atom. The van der Waals surface area contributed by atoms with Crippen LogP contribution >= 0.6 is 0 Å². The van der Waals surface area contributed by atoms with Crippen LogP contribution in [-0.2, 0) is 16.0 Å². The first-order valence-electron chi connectivity index (χ1n) is 6.27. The van der Waals surface area contributed by atoms with E-state index < -0.39 is 5.97 Å². The van der Waals surface area contributed by atoms with E-state index in [9.17, 15) is 9.59 Å². The van der Waals surface area contributed by atoms with Crippen LogP contribution in [-0.4, -0.2) is 38.2 Å². The fourth-order valence-electron chi connectivity index (χ4n) is 1.65. The zero-order chi connectivity index (χ0) is 14.4. The van der Waals surface area contributed by atoms with Crippen molar-refractivity contribution in [3.8, 4) is 0 Å². The van der Waals surface area contributed by atoms with E-state index in [0.717, 1.165) is 0 Å². The van der Waals surface area contributed by atoms with Crippen molar-refractivity contribution >= 4 is 11.9 Å². The number of nitrogens with zero attached hydrogens (tertiary/aromatic N) is 2. The molecule has 0 spiro atoms. The van der Waals surface area contributed by atoms with Crippen molar-refractivity contribution in [1.29, 1.82) is 0 Å². The molecule has 0 unspecified atom stereocenters. The van der Waals surface area contributed by atoms with E-state index >= 15 is 0 Å². The monoisotopic (exact) mass is 268 g/mol. The lowest BCUT2D eigenvalue weighted by Gasteiger charge is -2.20. The molecule has 106 valence electrons. The zero-order valence-electron chi connectivity index (χ0n) is 11.4. The van der Waals surface area contributed by atoms with Crippen LogP contribution < -0.4 is 5.32 Å². The van der Waals surface area contributed by atoms with E-state index in [4.69, 9.17) is 5.11 Å². The van der Waals surface area contributed by atoms with Crippen LogP contribution in [0.25, 0.3) is 0 Å². The number of aliphatic carboxylic acids is 1. The average Bonchev–Trinajstić information content (AvgIpc) is 2.71. The van der Waals surface area contributed by atoms with Crippen LogP contribution in [0.1, 0.15) is 38.3 Å². The first-order chi connectivity index (χ1) is 8.88. The van der Waals surface area contributed by atoms with Gasteiger partial charge < -0.3 is 10.4 Å². The van der Waals surface area contributed by atoms with Crippen LogP contribution in [0.15, 0.2) is 0 Å². The minimum absolute atomic E-state index is 0.0663. The summed E-state index contributed by atoms with van der Waals surface area (Å²) in [6.45, 7) is 5.55. The molecule has 0 aliphatic rings. The molecule has 7 heteroatoms.